The lowest BCUT2D eigenvalue weighted by atomic mass is 9.96. The summed E-state index contributed by atoms with van der Waals surface area (Å²) in [5, 5.41) is 0. The molecule has 4 N–H and O–H groups in total. The number of benzene rings is 1. The Balaban J connectivity index is 2.21. The molecule has 0 aromatic heterocycles. The van der Waals surface area contributed by atoms with Crippen molar-refractivity contribution >= 4 is 17.3 Å². The van der Waals surface area contributed by atoms with Gasteiger partial charge in [0.1, 0.15) is 0 Å². The van der Waals surface area contributed by atoms with Crippen LogP contribution in [0, 0.1) is 12.8 Å². The van der Waals surface area contributed by atoms with Crippen LogP contribution in [0.2, 0.25) is 0 Å². The number of nitrogens with two attached hydrogens (primary N) is 2. The summed E-state index contributed by atoms with van der Waals surface area (Å²) < 4.78 is 0. The van der Waals surface area contributed by atoms with E-state index in [-0.39, 0.29) is 11.8 Å². The summed E-state index contributed by atoms with van der Waals surface area (Å²) in [5.41, 5.74) is 14.3. The fraction of sp³-hybridized carbons (Fsp3) is 0.462. The number of hydrogen-bond donors (Lipinski definition) is 2. The van der Waals surface area contributed by atoms with Crippen molar-refractivity contribution in [2.24, 2.45) is 11.7 Å². The minimum atomic E-state index is -0.198. The van der Waals surface area contributed by atoms with E-state index >= 15 is 0 Å². The van der Waals surface area contributed by atoms with Gasteiger partial charge in [0.15, 0.2) is 0 Å². The normalized spacial score (nSPS) is 20.3. The molecule has 1 heterocycles. The Hall–Kier alpha value is -1.71. The maximum atomic E-state index is 11.3. The number of hydrogen-bond acceptors (Lipinski definition) is 3. The van der Waals surface area contributed by atoms with E-state index in [2.05, 4.69) is 11.8 Å². The lowest BCUT2D eigenvalue weighted by Crippen LogP contribution is -2.41. The van der Waals surface area contributed by atoms with E-state index in [4.69, 9.17) is 11.5 Å². The van der Waals surface area contributed by atoms with E-state index in [0.29, 0.717) is 6.54 Å². The number of rotatable bonds is 2. The number of primary amides is 1. The van der Waals surface area contributed by atoms with Crippen LogP contribution in [0.15, 0.2) is 18.2 Å². The maximum absolute atomic E-state index is 11.3. The molecule has 1 aromatic carbocycles. The molecule has 1 amide bonds. The van der Waals surface area contributed by atoms with Crippen LogP contribution in [0.25, 0.3) is 0 Å². The molecule has 0 saturated carbocycles. The van der Waals surface area contributed by atoms with Crippen LogP contribution in [-0.2, 0) is 4.79 Å². The van der Waals surface area contributed by atoms with Crippen LogP contribution in [0.1, 0.15) is 18.4 Å². The largest absolute Gasteiger partial charge is 0.399 e. The molecule has 1 aliphatic heterocycles. The molecule has 4 nitrogen and oxygen atoms in total. The standard InChI is InChI=1S/C13H19N3O/c1-9-4-5-11(14)7-12(9)16-6-2-3-10(8-16)13(15)17/h4-5,7,10H,2-3,6,8,14H2,1H3,(H2,15,17). The molecule has 1 unspecified atom stereocenters. The van der Waals surface area contributed by atoms with E-state index in [1.807, 2.05) is 18.2 Å². The van der Waals surface area contributed by atoms with Crippen molar-refractivity contribution in [3.63, 3.8) is 0 Å². The molecule has 1 atom stereocenters. The number of aryl methyl sites for hydroxylation is 1. The van der Waals surface area contributed by atoms with Crippen LogP contribution in [-0.4, -0.2) is 19.0 Å². The van der Waals surface area contributed by atoms with Gasteiger partial charge in [0, 0.05) is 24.5 Å². The van der Waals surface area contributed by atoms with Crippen LogP contribution < -0.4 is 16.4 Å². The molecule has 1 aliphatic rings. The SMILES string of the molecule is Cc1ccc(N)cc1N1CCCC(C(N)=O)C1. The van der Waals surface area contributed by atoms with Gasteiger partial charge < -0.3 is 16.4 Å². The third-order valence-electron chi connectivity index (χ3n) is 3.40. The minimum Gasteiger partial charge on any atom is -0.399 e. The highest BCUT2D eigenvalue weighted by Crippen LogP contribution is 2.27. The molecule has 0 radical (unpaired) electrons. The zero-order valence-corrected chi connectivity index (χ0v) is 10.1. The van der Waals surface area contributed by atoms with Gasteiger partial charge >= 0.3 is 0 Å². The third kappa shape index (κ3) is 2.52. The average Bonchev–Trinajstić information content (AvgIpc) is 2.32. The van der Waals surface area contributed by atoms with Crippen molar-refractivity contribution in [3.05, 3.63) is 23.8 Å². The number of nitrogen functional groups attached to an aromatic ring is 1. The second kappa shape index (κ2) is 4.65. The lowest BCUT2D eigenvalue weighted by Gasteiger charge is -2.34. The van der Waals surface area contributed by atoms with Crippen molar-refractivity contribution < 1.29 is 4.79 Å². The summed E-state index contributed by atoms with van der Waals surface area (Å²) in [4.78, 5) is 13.5. The number of carbonyl (C=O) groups excluding carboxylic acids is 1. The van der Waals surface area contributed by atoms with Gasteiger partial charge in [-0.2, -0.15) is 0 Å². The van der Waals surface area contributed by atoms with Gasteiger partial charge in [-0.25, -0.2) is 0 Å². The Labute approximate surface area is 102 Å². The Morgan fingerprint density at radius 2 is 2.24 bits per heavy atom. The van der Waals surface area contributed by atoms with Crippen molar-refractivity contribution in [2.45, 2.75) is 19.8 Å². The topological polar surface area (TPSA) is 72.3 Å². The molecule has 4 heteroatoms. The fourth-order valence-corrected chi connectivity index (χ4v) is 2.40. The second-order valence-corrected chi connectivity index (χ2v) is 4.73. The number of carbonyl (C=O) groups is 1. The summed E-state index contributed by atoms with van der Waals surface area (Å²) in [6, 6.07) is 5.88. The molecule has 17 heavy (non-hydrogen) atoms. The molecular formula is C13H19N3O. The highest BCUT2D eigenvalue weighted by atomic mass is 16.1. The molecule has 1 fully saturated rings. The Kier molecular flexibility index (Phi) is 3.22. The zero-order chi connectivity index (χ0) is 12.4. The van der Waals surface area contributed by atoms with Gasteiger partial charge in [-0.05, 0) is 37.5 Å². The first-order valence-corrected chi connectivity index (χ1v) is 5.98. The van der Waals surface area contributed by atoms with Gasteiger partial charge in [-0.1, -0.05) is 6.07 Å². The first-order valence-electron chi connectivity index (χ1n) is 5.98. The Bertz CT molecular complexity index is 431. The predicted molar refractivity (Wildman–Crippen MR) is 69.7 cm³/mol. The van der Waals surface area contributed by atoms with Gasteiger partial charge in [-0.15, -0.1) is 0 Å². The second-order valence-electron chi connectivity index (χ2n) is 4.73. The van der Waals surface area contributed by atoms with Crippen LogP contribution in [0.4, 0.5) is 11.4 Å². The molecular weight excluding hydrogens is 214 g/mol. The van der Waals surface area contributed by atoms with E-state index in [0.717, 1.165) is 30.8 Å². The molecule has 1 saturated heterocycles. The smallest absolute Gasteiger partial charge is 0.222 e. The van der Waals surface area contributed by atoms with E-state index < -0.39 is 0 Å². The number of piperidine rings is 1. The quantitative estimate of drug-likeness (QED) is 0.756. The summed E-state index contributed by atoms with van der Waals surface area (Å²) in [7, 11) is 0. The number of anilines is 2. The van der Waals surface area contributed by atoms with Crippen LogP contribution in [0.3, 0.4) is 0 Å². The highest BCUT2D eigenvalue weighted by molar-refractivity contribution is 5.78. The first-order chi connectivity index (χ1) is 8.08. The molecule has 2 rings (SSSR count). The molecule has 0 bridgehead atoms. The van der Waals surface area contributed by atoms with Crippen molar-refractivity contribution in [3.8, 4) is 0 Å². The highest BCUT2D eigenvalue weighted by Gasteiger charge is 2.24. The predicted octanol–water partition coefficient (Wildman–Crippen LogP) is 1.28. The van der Waals surface area contributed by atoms with Gasteiger partial charge in [-0.3, -0.25) is 4.79 Å². The number of amides is 1. The monoisotopic (exact) mass is 233 g/mol. The van der Waals surface area contributed by atoms with Crippen molar-refractivity contribution in [1.82, 2.24) is 0 Å². The summed E-state index contributed by atoms with van der Waals surface area (Å²) in [6.45, 7) is 3.73. The van der Waals surface area contributed by atoms with Crippen molar-refractivity contribution in [2.75, 3.05) is 23.7 Å². The number of nitrogens with zero attached hydrogens (tertiary/aromatic N) is 1. The lowest BCUT2D eigenvalue weighted by molar-refractivity contribution is -0.122. The molecule has 0 aliphatic carbocycles. The minimum absolute atomic E-state index is 0.0374. The van der Waals surface area contributed by atoms with Crippen LogP contribution in [0.5, 0.6) is 0 Å². The van der Waals surface area contributed by atoms with Crippen LogP contribution >= 0.6 is 0 Å². The van der Waals surface area contributed by atoms with Gasteiger partial charge in [0.25, 0.3) is 0 Å². The van der Waals surface area contributed by atoms with E-state index in [1.165, 1.54) is 5.56 Å². The summed E-state index contributed by atoms with van der Waals surface area (Å²) in [5.74, 6) is -0.235. The van der Waals surface area contributed by atoms with Gasteiger partial charge in [0.05, 0.1) is 5.92 Å². The third-order valence-corrected chi connectivity index (χ3v) is 3.40. The molecule has 1 aromatic rings. The molecule has 0 spiro atoms. The Morgan fingerprint density at radius 1 is 1.47 bits per heavy atom. The first kappa shape index (κ1) is 11.8. The van der Waals surface area contributed by atoms with E-state index in [1.54, 1.807) is 0 Å². The fourth-order valence-electron chi connectivity index (χ4n) is 2.40. The van der Waals surface area contributed by atoms with E-state index in [9.17, 15) is 4.79 Å². The molecule has 92 valence electrons. The van der Waals surface area contributed by atoms with Gasteiger partial charge in [0.2, 0.25) is 5.91 Å². The van der Waals surface area contributed by atoms with Crippen molar-refractivity contribution in [1.29, 1.82) is 0 Å². The maximum Gasteiger partial charge on any atom is 0.222 e. The Morgan fingerprint density at radius 3 is 2.94 bits per heavy atom. The average molecular weight is 233 g/mol. The summed E-state index contributed by atoms with van der Waals surface area (Å²) >= 11 is 0. The zero-order valence-electron chi connectivity index (χ0n) is 10.1. The summed E-state index contributed by atoms with van der Waals surface area (Å²) in [6.07, 6.45) is 1.90.